The zero-order valence-corrected chi connectivity index (χ0v) is 17.8. The Morgan fingerprint density at radius 3 is 2.76 bits per heavy atom. The van der Waals surface area contributed by atoms with Gasteiger partial charge in [0.05, 0.1) is 19.6 Å². The van der Waals surface area contributed by atoms with Gasteiger partial charge in [0.1, 0.15) is 5.01 Å². The van der Waals surface area contributed by atoms with E-state index in [0.29, 0.717) is 42.7 Å². The largest absolute Gasteiger partial charge is 0.493 e. The molecule has 1 aliphatic heterocycles. The lowest BCUT2D eigenvalue weighted by atomic mass is 10.1. The first-order valence-electron chi connectivity index (χ1n) is 9.67. The van der Waals surface area contributed by atoms with Gasteiger partial charge >= 0.3 is 0 Å². The van der Waals surface area contributed by atoms with Gasteiger partial charge in [0.2, 0.25) is 16.9 Å². The van der Waals surface area contributed by atoms with Gasteiger partial charge in [-0.2, -0.15) is 0 Å². The zero-order valence-electron chi connectivity index (χ0n) is 17.0. The minimum atomic E-state index is -0.350. The van der Waals surface area contributed by atoms with Crippen LogP contribution in [0.3, 0.4) is 0 Å². The molecule has 2 aromatic rings. The number of para-hydroxylation sites is 2. The second-order valence-electron chi connectivity index (χ2n) is 6.85. The van der Waals surface area contributed by atoms with Crippen molar-refractivity contribution < 1.29 is 19.1 Å². The number of amides is 2. The Bertz CT molecular complexity index is 857. The number of aromatic nitrogens is 2. The maximum absolute atomic E-state index is 12.7. The van der Waals surface area contributed by atoms with Crippen molar-refractivity contribution >= 4 is 28.3 Å². The first kappa shape index (κ1) is 21.0. The van der Waals surface area contributed by atoms with Crippen LogP contribution in [0.15, 0.2) is 24.3 Å². The minimum absolute atomic E-state index is 0.0293. The smallest absolute Gasteiger partial charge is 0.229 e. The maximum Gasteiger partial charge on any atom is 0.229 e. The fourth-order valence-electron chi connectivity index (χ4n) is 3.20. The van der Waals surface area contributed by atoms with Gasteiger partial charge in [0, 0.05) is 26.6 Å². The highest BCUT2D eigenvalue weighted by Crippen LogP contribution is 2.29. The van der Waals surface area contributed by atoms with E-state index in [-0.39, 0.29) is 24.2 Å². The van der Waals surface area contributed by atoms with Gasteiger partial charge in [-0.15, -0.1) is 10.2 Å². The summed E-state index contributed by atoms with van der Waals surface area (Å²) in [5.41, 5.74) is 0. The number of hydrogen-bond acceptors (Lipinski definition) is 7. The maximum atomic E-state index is 12.7. The zero-order chi connectivity index (χ0) is 20.8. The summed E-state index contributed by atoms with van der Waals surface area (Å²) in [4.78, 5) is 28.3. The molecule has 0 spiro atoms. The molecule has 29 heavy (non-hydrogen) atoms. The van der Waals surface area contributed by atoms with Crippen molar-refractivity contribution in [2.24, 2.45) is 5.92 Å². The van der Waals surface area contributed by atoms with Crippen molar-refractivity contribution in [3.63, 3.8) is 0 Å². The molecule has 0 radical (unpaired) electrons. The van der Waals surface area contributed by atoms with Gasteiger partial charge in [0.25, 0.3) is 0 Å². The van der Waals surface area contributed by atoms with Crippen molar-refractivity contribution in [1.29, 1.82) is 0 Å². The number of anilines is 1. The van der Waals surface area contributed by atoms with E-state index >= 15 is 0 Å². The van der Waals surface area contributed by atoms with E-state index in [2.05, 4.69) is 10.2 Å². The van der Waals surface area contributed by atoms with E-state index in [9.17, 15) is 9.59 Å². The van der Waals surface area contributed by atoms with E-state index in [4.69, 9.17) is 9.47 Å². The Hall–Kier alpha value is -2.68. The predicted molar refractivity (Wildman–Crippen MR) is 110 cm³/mol. The van der Waals surface area contributed by atoms with Crippen LogP contribution in [0.25, 0.3) is 0 Å². The van der Waals surface area contributed by atoms with Gasteiger partial charge in [-0.25, -0.2) is 0 Å². The number of ether oxygens (including phenoxy) is 2. The van der Waals surface area contributed by atoms with Crippen LogP contribution < -0.4 is 14.4 Å². The molecule has 1 atom stereocenters. The summed E-state index contributed by atoms with van der Waals surface area (Å²) in [6, 6.07) is 7.46. The molecule has 0 saturated carbocycles. The molecule has 0 N–H and O–H groups in total. The van der Waals surface area contributed by atoms with Crippen LogP contribution >= 0.6 is 11.3 Å². The normalized spacial score (nSPS) is 16.2. The van der Waals surface area contributed by atoms with Crippen LogP contribution in [0.1, 0.15) is 24.8 Å². The molecule has 3 rings (SSSR count). The highest BCUT2D eigenvalue weighted by atomic mass is 32.1. The van der Waals surface area contributed by atoms with Crippen LogP contribution in [-0.2, 0) is 16.0 Å². The summed E-state index contributed by atoms with van der Waals surface area (Å²) in [5, 5.41) is 9.61. The van der Waals surface area contributed by atoms with Crippen LogP contribution in [0.5, 0.6) is 11.5 Å². The number of aryl methyl sites for hydroxylation is 1. The number of carbonyl (C=O) groups is 2. The predicted octanol–water partition coefficient (Wildman–Crippen LogP) is 2.39. The lowest BCUT2D eigenvalue weighted by molar-refractivity contribution is -0.134. The van der Waals surface area contributed by atoms with Gasteiger partial charge in [0.15, 0.2) is 11.5 Å². The molecule has 156 valence electrons. The van der Waals surface area contributed by atoms with E-state index in [1.54, 1.807) is 24.0 Å². The lowest BCUT2D eigenvalue weighted by Crippen LogP contribution is -2.35. The highest BCUT2D eigenvalue weighted by molar-refractivity contribution is 7.15. The van der Waals surface area contributed by atoms with Gasteiger partial charge in [-0.3, -0.25) is 14.5 Å². The second-order valence-corrected chi connectivity index (χ2v) is 7.89. The molecule has 1 saturated heterocycles. The van der Waals surface area contributed by atoms with Crippen molar-refractivity contribution in [1.82, 2.24) is 15.1 Å². The third-order valence-corrected chi connectivity index (χ3v) is 5.90. The molecule has 9 heteroatoms. The molecular weight excluding hydrogens is 392 g/mol. The number of carbonyl (C=O) groups excluding carboxylic acids is 2. The second kappa shape index (κ2) is 9.69. The van der Waals surface area contributed by atoms with Crippen molar-refractivity contribution in [3.8, 4) is 11.5 Å². The van der Waals surface area contributed by atoms with Crippen LogP contribution in [0.4, 0.5) is 5.13 Å². The molecule has 8 nitrogen and oxygen atoms in total. The topological polar surface area (TPSA) is 84.9 Å². The number of hydrogen-bond donors (Lipinski definition) is 0. The Balaban J connectivity index is 1.47. The molecule has 1 fully saturated rings. The molecule has 1 aliphatic rings. The van der Waals surface area contributed by atoms with Gasteiger partial charge in [-0.05, 0) is 25.0 Å². The van der Waals surface area contributed by atoms with Gasteiger partial charge < -0.3 is 14.4 Å². The number of rotatable bonds is 9. The summed E-state index contributed by atoms with van der Waals surface area (Å²) in [6.07, 6.45) is 1.67. The Labute approximate surface area is 174 Å². The number of benzene rings is 1. The fraction of sp³-hybridized carbons (Fsp3) is 0.500. The summed E-state index contributed by atoms with van der Waals surface area (Å²) >= 11 is 1.40. The molecule has 0 aliphatic carbocycles. The summed E-state index contributed by atoms with van der Waals surface area (Å²) in [6.45, 7) is 3.38. The van der Waals surface area contributed by atoms with E-state index in [1.165, 1.54) is 11.3 Å². The average Bonchev–Trinajstić information content (AvgIpc) is 3.37. The summed E-state index contributed by atoms with van der Waals surface area (Å²) in [7, 11) is 3.37. The first-order chi connectivity index (χ1) is 14.0. The van der Waals surface area contributed by atoms with E-state index in [1.807, 2.05) is 31.2 Å². The molecule has 2 amide bonds. The molecule has 1 unspecified atom stereocenters. The Kier molecular flexibility index (Phi) is 7.03. The Morgan fingerprint density at radius 2 is 2.07 bits per heavy atom. The average molecular weight is 419 g/mol. The Morgan fingerprint density at radius 1 is 1.31 bits per heavy atom. The molecule has 1 aromatic heterocycles. The van der Waals surface area contributed by atoms with Gasteiger partial charge in [-0.1, -0.05) is 30.4 Å². The summed E-state index contributed by atoms with van der Waals surface area (Å²) < 4.78 is 11.0. The minimum Gasteiger partial charge on any atom is -0.493 e. The standard InChI is InChI=1S/C20H26N4O4S/c1-4-17-21-22-20(29-17)24-13-14(12-18(24)25)19(26)23(2)10-7-11-28-16-9-6-5-8-15(16)27-3/h5-6,8-9,14H,4,7,10-13H2,1-3H3. The fourth-order valence-corrected chi connectivity index (χ4v) is 4.00. The van der Waals surface area contributed by atoms with Crippen LogP contribution in [-0.4, -0.2) is 60.8 Å². The summed E-state index contributed by atoms with van der Waals surface area (Å²) in [5.74, 6) is 0.916. The highest BCUT2D eigenvalue weighted by Gasteiger charge is 2.37. The molecule has 2 heterocycles. The first-order valence-corrected chi connectivity index (χ1v) is 10.5. The van der Waals surface area contributed by atoms with Crippen molar-refractivity contribution in [3.05, 3.63) is 29.3 Å². The van der Waals surface area contributed by atoms with E-state index < -0.39 is 0 Å². The van der Waals surface area contributed by atoms with Crippen LogP contribution in [0.2, 0.25) is 0 Å². The molecule has 0 bridgehead atoms. The SMILES string of the molecule is CCc1nnc(N2CC(C(=O)N(C)CCCOc3ccccc3OC)CC2=O)s1. The third-order valence-electron chi connectivity index (χ3n) is 4.80. The number of nitrogens with zero attached hydrogens (tertiary/aromatic N) is 4. The number of methoxy groups -OCH3 is 1. The lowest BCUT2D eigenvalue weighted by Gasteiger charge is -2.21. The third kappa shape index (κ3) is 5.03. The van der Waals surface area contributed by atoms with Crippen molar-refractivity contribution in [2.45, 2.75) is 26.2 Å². The van der Waals surface area contributed by atoms with E-state index in [0.717, 1.165) is 11.4 Å². The van der Waals surface area contributed by atoms with Crippen LogP contribution in [0, 0.1) is 5.92 Å². The monoisotopic (exact) mass is 418 g/mol. The molecule has 1 aromatic carbocycles. The molecular formula is C20H26N4O4S. The van der Waals surface area contributed by atoms with Crippen molar-refractivity contribution in [2.75, 3.05) is 38.8 Å². The quantitative estimate of drug-likeness (QED) is 0.582.